The lowest BCUT2D eigenvalue weighted by molar-refractivity contribution is 0.463. The molecule has 2 heteroatoms. The van der Waals surface area contributed by atoms with Crippen LogP contribution in [0.4, 0.5) is 0 Å². The molecule has 2 nitrogen and oxygen atoms in total. The molecule has 1 heterocycles. The Morgan fingerprint density at radius 2 is 1.87 bits per heavy atom. The third kappa shape index (κ3) is 2.56. The van der Waals surface area contributed by atoms with Gasteiger partial charge in [0.05, 0.1) is 0 Å². The predicted molar refractivity (Wildman–Crippen MR) is 59.8 cm³/mol. The number of nitrogens with zero attached hydrogens (tertiary/aromatic N) is 1. The zero-order chi connectivity index (χ0) is 10.5. The van der Waals surface area contributed by atoms with Gasteiger partial charge in [0.1, 0.15) is 5.75 Å². The zero-order valence-corrected chi connectivity index (χ0v) is 8.55. The van der Waals surface area contributed by atoms with Crippen molar-refractivity contribution in [1.82, 2.24) is 4.98 Å². The molecule has 0 aliphatic rings. The second-order valence-electron chi connectivity index (χ2n) is 3.13. The van der Waals surface area contributed by atoms with Gasteiger partial charge in [0.25, 0.3) is 0 Å². The van der Waals surface area contributed by atoms with Crippen LogP contribution < -0.4 is 4.74 Å². The van der Waals surface area contributed by atoms with Gasteiger partial charge in [0.2, 0.25) is 5.88 Å². The molecule has 0 bridgehead atoms. The Labute approximate surface area is 89.6 Å². The quantitative estimate of drug-likeness (QED) is 0.753. The molecule has 0 aliphatic carbocycles. The van der Waals surface area contributed by atoms with E-state index in [1.54, 1.807) is 6.20 Å². The van der Waals surface area contributed by atoms with Gasteiger partial charge in [0, 0.05) is 12.3 Å². The van der Waals surface area contributed by atoms with E-state index in [1.165, 1.54) is 5.56 Å². The molecule has 0 fully saturated rings. The minimum Gasteiger partial charge on any atom is -0.439 e. The third-order valence-corrected chi connectivity index (χ3v) is 2.07. The number of rotatable bonds is 3. The highest BCUT2D eigenvalue weighted by Gasteiger charge is 1.96. The van der Waals surface area contributed by atoms with Gasteiger partial charge < -0.3 is 4.74 Å². The van der Waals surface area contributed by atoms with Crippen LogP contribution in [-0.4, -0.2) is 4.98 Å². The molecule has 0 saturated heterocycles. The van der Waals surface area contributed by atoms with Gasteiger partial charge in [-0.1, -0.05) is 25.1 Å². The fourth-order valence-corrected chi connectivity index (χ4v) is 1.26. The average molecular weight is 198 g/mol. The Kier molecular flexibility index (Phi) is 2.98. The minimum atomic E-state index is 0.616. The van der Waals surface area contributed by atoms with E-state index < -0.39 is 0 Å². The molecule has 1 radical (unpaired) electrons. The van der Waals surface area contributed by atoms with Crippen molar-refractivity contribution in [3.63, 3.8) is 0 Å². The molecule has 75 valence electrons. The van der Waals surface area contributed by atoms with E-state index >= 15 is 0 Å². The van der Waals surface area contributed by atoms with Crippen molar-refractivity contribution in [3.05, 3.63) is 60.6 Å². The summed E-state index contributed by atoms with van der Waals surface area (Å²) >= 11 is 0. The number of aromatic nitrogens is 1. The second kappa shape index (κ2) is 4.60. The van der Waals surface area contributed by atoms with Gasteiger partial charge in [-0.05, 0) is 30.2 Å². The van der Waals surface area contributed by atoms with E-state index in [0.29, 0.717) is 5.88 Å². The fraction of sp³-hybridized carbons (Fsp3) is 0.0769. The van der Waals surface area contributed by atoms with Crippen LogP contribution in [0.2, 0.25) is 0 Å². The van der Waals surface area contributed by atoms with Gasteiger partial charge in [-0.15, -0.1) is 0 Å². The molecule has 0 amide bonds. The van der Waals surface area contributed by atoms with Crippen LogP contribution in [0.15, 0.2) is 48.7 Å². The first kappa shape index (κ1) is 9.71. The summed E-state index contributed by atoms with van der Waals surface area (Å²) < 4.78 is 5.55. The lowest BCUT2D eigenvalue weighted by Crippen LogP contribution is -1.86. The number of ether oxygens (including phenoxy) is 1. The SMILES string of the molecule is C[CH]c1ccc(Oc2ccccn2)cc1. The van der Waals surface area contributed by atoms with Crippen molar-refractivity contribution in [2.75, 3.05) is 0 Å². The molecule has 0 spiro atoms. The smallest absolute Gasteiger partial charge is 0.219 e. The summed E-state index contributed by atoms with van der Waals surface area (Å²) in [5.74, 6) is 1.42. The molecule has 0 atom stereocenters. The Morgan fingerprint density at radius 3 is 2.47 bits per heavy atom. The fourth-order valence-electron chi connectivity index (χ4n) is 1.26. The van der Waals surface area contributed by atoms with Crippen molar-refractivity contribution in [3.8, 4) is 11.6 Å². The summed E-state index contributed by atoms with van der Waals surface area (Å²) in [6.45, 7) is 2.01. The largest absolute Gasteiger partial charge is 0.439 e. The Balaban J connectivity index is 2.11. The van der Waals surface area contributed by atoms with Gasteiger partial charge in [-0.25, -0.2) is 4.98 Å². The monoisotopic (exact) mass is 198 g/mol. The molecule has 0 unspecified atom stereocenters. The van der Waals surface area contributed by atoms with Crippen LogP contribution in [0.3, 0.4) is 0 Å². The number of pyridine rings is 1. The van der Waals surface area contributed by atoms with E-state index in [4.69, 9.17) is 4.74 Å². The van der Waals surface area contributed by atoms with Crippen LogP contribution in [0.1, 0.15) is 12.5 Å². The van der Waals surface area contributed by atoms with Crippen molar-refractivity contribution in [2.24, 2.45) is 0 Å². The van der Waals surface area contributed by atoms with Gasteiger partial charge >= 0.3 is 0 Å². The van der Waals surface area contributed by atoms with Crippen LogP contribution in [0, 0.1) is 6.42 Å². The third-order valence-electron chi connectivity index (χ3n) is 2.07. The first-order valence-corrected chi connectivity index (χ1v) is 4.87. The van der Waals surface area contributed by atoms with E-state index in [0.717, 1.165) is 5.75 Å². The number of benzene rings is 1. The molecular formula is C13H12NO. The van der Waals surface area contributed by atoms with Crippen LogP contribution in [0.25, 0.3) is 0 Å². The van der Waals surface area contributed by atoms with Crippen molar-refractivity contribution in [2.45, 2.75) is 6.92 Å². The molecule has 0 aliphatic heterocycles. The molecule has 0 saturated carbocycles. The molecule has 1 aromatic heterocycles. The summed E-state index contributed by atoms with van der Waals surface area (Å²) in [4.78, 5) is 4.09. The van der Waals surface area contributed by atoms with E-state index in [9.17, 15) is 0 Å². The Hall–Kier alpha value is -1.83. The summed E-state index contributed by atoms with van der Waals surface area (Å²) in [6, 6.07) is 13.5. The minimum absolute atomic E-state index is 0.616. The zero-order valence-electron chi connectivity index (χ0n) is 8.55. The first-order chi connectivity index (χ1) is 7.38. The first-order valence-electron chi connectivity index (χ1n) is 4.87. The average Bonchev–Trinajstić information content (AvgIpc) is 2.31. The normalized spacial score (nSPS) is 9.93. The summed E-state index contributed by atoms with van der Waals surface area (Å²) in [5.41, 5.74) is 1.18. The van der Waals surface area contributed by atoms with E-state index in [-0.39, 0.29) is 0 Å². The van der Waals surface area contributed by atoms with Crippen molar-refractivity contribution < 1.29 is 4.74 Å². The van der Waals surface area contributed by atoms with Crippen LogP contribution >= 0.6 is 0 Å². The van der Waals surface area contributed by atoms with Gasteiger partial charge in [-0.2, -0.15) is 0 Å². The molecule has 15 heavy (non-hydrogen) atoms. The highest BCUT2D eigenvalue weighted by atomic mass is 16.5. The highest BCUT2D eigenvalue weighted by Crippen LogP contribution is 2.19. The predicted octanol–water partition coefficient (Wildman–Crippen LogP) is 3.45. The Morgan fingerprint density at radius 1 is 1.07 bits per heavy atom. The maximum absolute atomic E-state index is 5.55. The van der Waals surface area contributed by atoms with Gasteiger partial charge in [0.15, 0.2) is 0 Å². The molecule has 2 aromatic rings. The highest BCUT2D eigenvalue weighted by molar-refractivity contribution is 5.32. The Bertz CT molecular complexity index is 408. The lowest BCUT2D eigenvalue weighted by Gasteiger charge is -2.04. The summed E-state index contributed by atoms with van der Waals surface area (Å²) in [5, 5.41) is 0. The van der Waals surface area contributed by atoms with E-state index in [1.807, 2.05) is 55.8 Å². The maximum atomic E-state index is 5.55. The maximum Gasteiger partial charge on any atom is 0.219 e. The second-order valence-corrected chi connectivity index (χ2v) is 3.13. The van der Waals surface area contributed by atoms with Crippen molar-refractivity contribution in [1.29, 1.82) is 0 Å². The molecule has 2 rings (SSSR count). The molecule has 0 N–H and O–H groups in total. The topological polar surface area (TPSA) is 22.1 Å². The molecular weight excluding hydrogens is 186 g/mol. The number of hydrogen-bond donors (Lipinski definition) is 0. The van der Waals surface area contributed by atoms with Crippen LogP contribution in [-0.2, 0) is 0 Å². The summed E-state index contributed by atoms with van der Waals surface area (Å²) in [6.07, 6.45) is 3.76. The van der Waals surface area contributed by atoms with Crippen LogP contribution in [0.5, 0.6) is 11.6 Å². The molecule has 1 aromatic carbocycles. The van der Waals surface area contributed by atoms with Gasteiger partial charge in [-0.3, -0.25) is 0 Å². The standard InChI is InChI=1S/C13H12NO/c1-2-11-6-8-12(9-7-11)15-13-5-3-4-10-14-13/h2-10H,1H3. The van der Waals surface area contributed by atoms with E-state index in [2.05, 4.69) is 4.98 Å². The van der Waals surface area contributed by atoms with Crippen molar-refractivity contribution >= 4 is 0 Å². The summed E-state index contributed by atoms with van der Waals surface area (Å²) in [7, 11) is 0. The number of hydrogen-bond acceptors (Lipinski definition) is 2. The lowest BCUT2D eigenvalue weighted by atomic mass is 10.2.